The highest BCUT2D eigenvalue weighted by atomic mass is 35.5. The SMILES string of the molecule is CCC(O)CCOc1ccc(Cl)c(Cl)c1. The van der Waals surface area contributed by atoms with Crippen LogP contribution in [-0.4, -0.2) is 17.8 Å². The molecule has 1 unspecified atom stereocenters. The highest BCUT2D eigenvalue weighted by molar-refractivity contribution is 6.42. The van der Waals surface area contributed by atoms with Crippen molar-refractivity contribution in [1.82, 2.24) is 0 Å². The lowest BCUT2D eigenvalue weighted by molar-refractivity contribution is 0.135. The van der Waals surface area contributed by atoms with Crippen LogP contribution in [0.4, 0.5) is 0 Å². The second-order valence-electron chi connectivity index (χ2n) is 3.28. The Morgan fingerprint density at radius 2 is 2.07 bits per heavy atom. The fourth-order valence-corrected chi connectivity index (χ4v) is 1.37. The maximum Gasteiger partial charge on any atom is 0.120 e. The average Bonchev–Trinajstić information content (AvgIpc) is 2.23. The Balaban J connectivity index is 2.41. The summed E-state index contributed by atoms with van der Waals surface area (Å²) in [5, 5.41) is 10.3. The van der Waals surface area contributed by atoms with Gasteiger partial charge in [0.05, 0.1) is 22.8 Å². The van der Waals surface area contributed by atoms with E-state index in [4.69, 9.17) is 27.9 Å². The van der Waals surface area contributed by atoms with Gasteiger partial charge in [-0.3, -0.25) is 0 Å². The summed E-state index contributed by atoms with van der Waals surface area (Å²) >= 11 is 11.6. The van der Waals surface area contributed by atoms with E-state index in [1.54, 1.807) is 18.2 Å². The summed E-state index contributed by atoms with van der Waals surface area (Å²) in [5.74, 6) is 0.674. The zero-order valence-electron chi connectivity index (χ0n) is 8.54. The predicted octanol–water partition coefficient (Wildman–Crippen LogP) is 3.53. The molecule has 0 spiro atoms. The van der Waals surface area contributed by atoms with Gasteiger partial charge in [0.1, 0.15) is 5.75 Å². The van der Waals surface area contributed by atoms with Crippen molar-refractivity contribution in [2.75, 3.05) is 6.61 Å². The van der Waals surface area contributed by atoms with Crippen LogP contribution in [0.2, 0.25) is 10.0 Å². The molecule has 0 fully saturated rings. The van der Waals surface area contributed by atoms with Crippen LogP contribution in [-0.2, 0) is 0 Å². The fraction of sp³-hybridized carbons (Fsp3) is 0.455. The molecule has 0 heterocycles. The Kier molecular flexibility index (Phi) is 5.23. The molecule has 1 atom stereocenters. The second-order valence-corrected chi connectivity index (χ2v) is 4.09. The molecule has 84 valence electrons. The summed E-state index contributed by atoms with van der Waals surface area (Å²) < 4.78 is 5.41. The van der Waals surface area contributed by atoms with E-state index in [2.05, 4.69) is 0 Å². The van der Waals surface area contributed by atoms with Gasteiger partial charge in [0.25, 0.3) is 0 Å². The summed E-state index contributed by atoms with van der Waals surface area (Å²) in [4.78, 5) is 0. The van der Waals surface area contributed by atoms with E-state index in [0.29, 0.717) is 28.8 Å². The third-order valence-corrected chi connectivity index (χ3v) is 2.82. The van der Waals surface area contributed by atoms with Gasteiger partial charge in [0.15, 0.2) is 0 Å². The van der Waals surface area contributed by atoms with Crippen molar-refractivity contribution in [3.8, 4) is 5.75 Å². The van der Waals surface area contributed by atoms with Crippen LogP contribution < -0.4 is 4.74 Å². The topological polar surface area (TPSA) is 29.5 Å². The number of ether oxygens (including phenoxy) is 1. The van der Waals surface area contributed by atoms with Crippen molar-refractivity contribution in [1.29, 1.82) is 0 Å². The molecule has 0 aliphatic rings. The Morgan fingerprint density at radius 1 is 1.33 bits per heavy atom. The van der Waals surface area contributed by atoms with E-state index >= 15 is 0 Å². The van der Waals surface area contributed by atoms with Gasteiger partial charge >= 0.3 is 0 Å². The number of halogens is 2. The maximum absolute atomic E-state index is 9.31. The van der Waals surface area contributed by atoms with E-state index in [1.165, 1.54) is 0 Å². The smallest absolute Gasteiger partial charge is 0.120 e. The Labute approximate surface area is 99.8 Å². The fourth-order valence-electron chi connectivity index (χ4n) is 1.08. The highest BCUT2D eigenvalue weighted by Gasteiger charge is 2.03. The van der Waals surface area contributed by atoms with Gasteiger partial charge in [-0.2, -0.15) is 0 Å². The molecule has 4 heteroatoms. The lowest BCUT2D eigenvalue weighted by Gasteiger charge is -2.09. The minimum absolute atomic E-state index is 0.298. The van der Waals surface area contributed by atoms with Crippen LogP contribution >= 0.6 is 23.2 Å². The van der Waals surface area contributed by atoms with E-state index < -0.39 is 0 Å². The first-order chi connectivity index (χ1) is 7.13. The van der Waals surface area contributed by atoms with Crippen LogP contribution in [0, 0.1) is 0 Å². The highest BCUT2D eigenvalue weighted by Crippen LogP contribution is 2.26. The molecule has 0 saturated heterocycles. The number of benzene rings is 1. The summed E-state index contributed by atoms with van der Waals surface area (Å²) in [7, 11) is 0. The normalized spacial score (nSPS) is 12.5. The molecule has 0 aromatic heterocycles. The van der Waals surface area contributed by atoms with Crippen LogP contribution in [0.25, 0.3) is 0 Å². The molecule has 0 aliphatic heterocycles. The average molecular weight is 249 g/mol. The summed E-state index contributed by atoms with van der Waals surface area (Å²) in [6, 6.07) is 5.12. The molecule has 0 bridgehead atoms. The molecule has 1 aromatic rings. The molecule has 1 aromatic carbocycles. The zero-order chi connectivity index (χ0) is 11.3. The van der Waals surface area contributed by atoms with E-state index in [9.17, 15) is 5.11 Å². The van der Waals surface area contributed by atoms with Gasteiger partial charge in [-0.25, -0.2) is 0 Å². The van der Waals surface area contributed by atoms with Gasteiger partial charge < -0.3 is 9.84 Å². The van der Waals surface area contributed by atoms with E-state index in [1.807, 2.05) is 6.92 Å². The first-order valence-electron chi connectivity index (χ1n) is 4.89. The Bertz CT molecular complexity index is 315. The van der Waals surface area contributed by atoms with Crippen LogP contribution in [0.5, 0.6) is 5.75 Å². The Morgan fingerprint density at radius 3 is 2.67 bits per heavy atom. The maximum atomic E-state index is 9.31. The lowest BCUT2D eigenvalue weighted by Crippen LogP contribution is -2.10. The van der Waals surface area contributed by atoms with Crippen molar-refractivity contribution >= 4 is 23.2 Å². The summed E-state index contributed by atoms with van der Waals surface area (Å²) in [6.07, 6.45) is 1.06. The van der Waals surface area contributed by atoms with Crippen LogP contribution in [0.1, 0.15) is 19.8 Å². The third kappa shape index (κ3) is 4.29. The molecule has 2 nitrogen and oxygen atoms in total. The van der Waals surface area contributed by atoms with Crippen molar-refractivity contribution in [3.05, 3.63) is 28.2 Å². The molecule has 0 saturated carbocycles. The molecule has 1 N–H and O–H groups in total. The zero-order valence-corrected chi connectivity index (χ0v) is 10.1. The molecule has 15 heavy (non-hydrogen) atoms. The van der Waals surface area contributed by atoms with Gasteiger partial charge in [-0.05, 0) is 18.6 Å². The lowest BCUT2D eigenvalue weighted by atomic mass is 10.2. The van der Waals surface area contributed by atoms with Crippen molar-refractivity contribution < 1.29 is 9.84 Å². The van der Waals surface area contributed by atoms with Gasteiger partial charge in [0.2, 0.25) is 0 Å². The quantitative estimate of drug-likeness (QED) is 0.864. The third-order valence-electron chi connectivity index (χ3n) is 2.08. The standard InChI is InChI=1S/C11H14Cl2O2/c1-2-8(14)5-6-15-9-3-4-10(12)11(13)7-9/h3-4,7-8,14H,2,5-6H2,1H3. The molecule has 0 radical (unpaired) electrons. The van der Waals surface area contributed by atoms with E-state index in [-0.39, 0.29) is 6.10 Å². The number of aliphatic hydroxyl groups excluding tert-OH is 1. The first kappa shape index (κ1) is 12.6. The van der Waals surface area contributed by atoms with Crippen LogP contribution in [0.3, 0.4) is 0 Å². The van der Waals surface area contributed by atoms with Gasteiger partial charge in [-0.1, -0.05) is 30.1 Å². The molecular formula is C11H14Cl2O2. The second kappa shape index (κ2) is 6.21. The largest absolute Gasteiger partial charge is 0.493 e. The van der Waals surface area contributed by atoms with Crippen molar-refractivity contribution in [2.45, 2.75) is 25.9 Å². The molecular weight excluding hydrogens is 235 g/mol. The number of hydrogen-bond acceptors (Lipinski definition) is 2. The van der Waals surface area contributed by atoms with Crippen molar-refractivity contribution in [2.24, 2.45) is 0 Å². The predicted molar refractivity (Wildman–Crippen MR) is 62.9 cm³/mol. The molecule has 0 amide bonds. The molecule has 0 aliphatic carbocycles. The number of aliphatic hydroxyl groups is 1. The van der Waals surface area contributed by atoms with Crippen molar-refractivity contribution in [3.63, 3.8) is 0 Å². The van der Waals surface area contributed by atoms with Gasteiger partial charge in [0, 0.05) is 12.5 Å². The summed E-state index contributed by atoms with van der Waals surface area (Å²) in [5.41, 5.74) is 0. The monoisotopic (exact) mass is 248 g/mol. The number of rotatable bonds is 5. The first-order valence-corrected chi connectivity index (χ1v) is 5.65. The summed E-state index contributed by atoms with van der Waals surface area (Å²) in [6.45, 7) is 2.41. The molecule has 1 rings (SSSR count). The minimum Gasteiger partial charge on any atom is -0.493 e. The Hall–Kier alpha value is -0.440. The van der Waals surface area contributed by atoms with Crippen LogP contribution in [0.15, 0.2) is 18.2 Å². The van der Waals surface area contributed by atoms with E-state index in [0.717, 1.165) is 6.42 Å². The van der Waals surface area contributed by atoms with Gasteiger partial charge in [-0.15, -0.1) is 0 Å². The minimum atomic E-state index is -0.298. The number of hydrogen-bond donors (Lipinski definition) is 1.